The molecule has 0 spiro atoms. The molecule has 1 saturated carbocycles. The average molecular weight is 344 g/mol. The largest absolute Gasteiger partial charge is 0.364 e. The van der Waals surface area contributed by atoms with Gasteiger partial charge in [-0.1, -0.05) is 0 Å². The van der Waals surface area contributed by atoms with Gasteiger partial charge in [-0.15, -0.1) is 0 Å². The number of nitrogens with two attached hydrogens (primary N) is 1. The molecule has 2 saturated heterocycles. The molecule has 25 heavy (non-hydrogen) atoms. The van der Waals surface area contributed by atoms with Gasteiger partial charge < -0.3 is 20.4 Å². The molecule has 8 nitrogen and oxygen atoms in total. The second-order valence-corrected chi connectivity index (χ2v) is 7.23. The van der Waals surface area contributed by atoms with Crippen LogP contribution in [0.25, 0.3) is 0 Å². The van der Waals surface area contributed by atoms with Gasteiger partial charge in [0, 0.05) is 20.1 Å². The number of fused-ring (bicyclic) bond motifs is 1. The predicted molar refractivity (Wildman–Crippen MR) is 92.2 cm³/mol. The number of hydrogen-bond acceptors (Lipinski definition) is 5. The zero-order valence-corrected chi connectivity index (χ0v) is 14.5. The molecule has 8 heteroatoms. The fourth-order valence-electron chi connectivity index (χ4n) is 4.59. The van der Waals surface area contributed by atoms with Gasteiger partial charge in [-0.2, -0.15) is 0 Å². The van der Waals surface area contributed by atoms with Crippen molar-refractivity contribution in [1.29, 1.82) is 0 Å². The van der Waals surface area contributed by atoms with Crippen LogP contribution in [0.5, 0.6) is 0 Å². The Morgan fingerprint density at radius 3 is 2.68 bits per heavy atom. The molecule has 134 valence electrons. The van der Waals surface area contributed by atoms with Crippen molar-refractivity contribution < 1.29 is 9.59 Å². The molecule has 3 heterocycles. The summed E-state index contributed by atoms with van der Waals surface area (Å²) in [6, 6.07) is 1.09. The molecule has 1 aromatic heterocycles. The van der Waals surface area contributed by atoms with Crippen LogP contribution in [-0.4, -0.2) is 70.0 Å². The Kier molecular flexibility index (Phi) is 3.97. The van der Waals surface area contributed by atoms with Crippen molar-refractivity contribution in [2.75, 3.05) is 25.0 Å². The van der Waals surface area contributed by atoms with E-state index in [0.717, 1.165) is 44.6 Å². The van der Waals surface area contributed by atoms with Gasteiger partial charge in [0.15, 0.2) is 0 Å². The van der Waals surface area contributed by atoms with Crippen molar-refractivity contribution >= 4 is 17.8 Å². The number of likely N-dealkylation sites (N-methyl/N-ethyl adjacent to an activating group) is 1. The Morgan fingerprint density at radius 1 is 1.16 bits per heavy atom. The molecule has 0 bridgehead atoms. The van der Waals surface area contributed by atoms with Crippen LogP contribution in [0.1, 0.15) is 42.6 Å². The molecular formula is C17H24N6O2. The van der Waals surface area contributed by atoms with Crippen molar-refractivity contribution in [3.63, 3.8) is 0 Å². The Balaban J connectivity index is 1.51. The second kappa shape index (κ2) is 6.16. The van der Waals surface area contributed by atoms with Gasteiger partial charge in [0.25, 0.3) is 5.91 Å². The number of nitrogens with zero attached hydrogens (tertiary/aromatic N) is 5. The van der Waals surface area contributed by atoms with E-state index in [1.807, 2.05) is 11.9 Å². The number of carbonyl (C=O) groups excluding carboxylic acids is 2. The molecule has 1 aromatic rings. The van der Waals surface area contributed by atoms with E-state index in [4.69, 9.17) is 5.73 Å². The Morgan fingerprint density at radius 2 is 1.96 bits per heavy atom. The first-order valence-electron chi connectivity index (χ1n) is 8.98. The molecule has 0 aromatic carbocycles. The summed E-state index contributed by atoms with van der Waals surface area (Å²) in [6.45, 7) is 1.64. The SMILES string of the molecule is CN1C(=O)N(C2CCCN(c3cnc(C(N)=O)cn3)C2)C2CCCC21. The lowest BCUT2D eigenvalue weighted by Gasteiger charge is -2.39. The molecule has 3 atom stereocenters. The number of aromatic nitrogens is 2. The topological polar surface area (TPSA) is 95.7 Å². The zero-order chi connectivity index (χ0) is 17.6. The highest BCUT2D eigenvalue weighted by Gasteiger charge is 2.49. The van der Waals surface area contributed by atoms with Gasteiger partial charge in [-0.3, -0.25) is 4.79 Å². The summed E-state index contributed by atoms with van der Waals surface area (Å²) in [4.78, 5) is 38.5. The van der Waals surface area contributed by atoms with Crippen LogP contribution in [0, 0.1) is 0 Å². The minimum atomic E-state index is -0.575. The molecule has 3 unspecified atom stereocenters. The first kappa shape index (κ1) is 16.1. The van der Waals surface area contributed by atoms with Gasteiger partial charge in [0.1, 0.15) is 11.5 Å². The van der Waals surface area contributed by atoms with E-state index >= 15 is 0 Å². The summed E-state index contributed by atoms with van der Waals surface area (Å²) in [7, 11) is 1.93. The number of anilines is 1. The Labute approximate surface area is 147 Å². The summed E-state index contributed by atoms with van der Waals surface area (Å²) in [6.07, 6.45) is 8.45. The molecule has 4 rings (SSSR count). The highest BCUT2D eigenvalue weighted by Crippen LogP contribution is 2.37. The van der Waals surface area contributed by atoms with E-state index in [0.29, 0.717) is 12.1 Å². The Hall–Kier alpha value is -2.38. The smallest absolute Gasteiger partial charge is 0.320 e. The van der Waals surface area contributed by atoms with Crippen LogP contribution < -0.4 is 10.6 Å². The van der Waals surface area contributed by atoms with Gasteiger partial charge in [-0.25, -0.2) is 14.8 Å². The lowest BCUT2D eigenvalue weighted by Crippen LogP contribution is -2.52. The third-order valence-corrected chi connectivity index (χ3v) is 5.83. The molecule has 0 radical (unpaired) electrons. The van der Waals surface area contributed by atoms with E-state index in [9.17, 15) is 9.59 Å². The lowest BCUT2D eigenvalue weighted by atomic mass is 10.0. The number of hydrogen-bond donors (Lipinski definition) is 1. The number of rotatable bonds is 3. The number of piperidine rings is 1. The number of primary amides is 1. The van der Waals surface area contributed by atoms with Gasteiger partial charge in [0.2, 0.25) is 0 Å². The van der Waals surface area contributed by atoms with Crippen molar-refractivity contribution in [1.82, 2.24) is 19.8 Å². The fraction of sp³-hybridized carbons (Fsp3) is 0.647. The maximum Gasteiger partial charge on any atom is 0.320 e. The number of urea groups is 1. The van der Waals surface area contributed by atoms with Crippen LogP contribution in [0.3, 0.4) is 0 Å². The van der Waals surface area contributed by atoms with Gasteiger partial charge in [-0.05, 0) is 32.1 Å². The van der Waals surface area contributed by atoms with Gasteiger partial charge in [0.05, 0.1) is 30.5 Å². The van der Waals surface area contributed by atoms with Crippen LogP contribution in [0.2, 0.25) is 0 Å². The normalized spacial score (nSPS) is 29.2. The maximum absolute atomic E-state index is 12.7. The average Bonchev–Trinajstić information content (AvgIpc) is 3.18. The summed E-state index contributed by atoms with van der Waals surface area (Å²) in [5.41, 5.74) is 5.39. The third-order valence-electron chi connectivity index (χ3n) is 5.83. The van der Waals surface area contributed by atoms with Crippen molar-refractivity contribution in [2.45, 2.75) is 50.2 Å². The van der Waals surface area contributed by atoms with Crippen LogP contribution in [0.4, 0.5) is 10.6 Å². The van der Waals surface area contributed by atoms with Crippen LogP contribution in [0.15, 0.2) is 12.4 Å². The third kappa shape index (κ3) is 2.69. The minimum absolute atomic E-state index is 0.164. The monoisotopic (exact) mass is 344 g/mol. The molecule has 1 aliphatic carbocycles. The first-order valence-corrected chi connectivity index (χ1v) is 8.98. The molecule has 2 N–H and O–H groups in total. The molecule has 3 fully saturated rings. The number of carbonyl (C=O) groups is 2. The van der Waals surface area contributed by atoms with E-state index in [1.54, 1.807) is 6.20 Å². The zero-order valence-electron chi connectivity index (χ0n) is 14.5. The second-order valence-electron chi connectivity index (χ2n) is 7.23. The van der Waals surface area contributed by atoms with Gasteiger partial charge >= 0.3 is 6.03 Å². The number of amides is 3. The molecule has 3 aliphatic rings. The standard InChI is InChI=1S/C17H24N6O2/c1-21-13-5-2-6-14(13)23(17(21)25)11-4-3-7-22(10-11)15-9-19-12(8-20-15)16(18)24/h8-9,11,13-14H,2-7,10H2,1H3,(H2,18,24). The van der Waals surface area contributed by atoms with Crippen molar-refractivity contribution in [2.24, 2.45) is 5.73 Å². The van der Waals surface area contributed by atoms with E-state index in [2.05, 4.69) is 19.8 Å². The summed E-state index contributed by atoms with van der Waals surface area (Å²) < 4.78 is 0. The quantitative estimate of drug-likeness (QED) is 0.876. The maximum atomic E-state index is 12.7. The Bertz CT molecular complexity index is 678. The molecule has 2 aliphatic heterocycles. The van der Waals surface area contributed by atoms with Crippen LogP contribution in [-0.2, 0) is 0 Å². The summed E-state index contributed by atoms with van der Waals surface area (Å²) in [5, 5.41) is 0. The van der Waals surface area contributed by atoms with Crippen molar-refractivity contribution in [3.8, 4) is 0 Å². The highest BCUT2D eigenvalue weighted by molar-refractivity contribution is 5.90. The van der Waals surface area contributed by atoms with E-state index in [-0.39, 0.29) is 17.8 Å². The predicted octanol–water partition coefficient (Wildman–Crippen LogP) is 0.833. The minimum Gasteiger partial charge on any atom is -0.364 e. The van der Waals surface area contributed by atoms with E-state index in [1.165, 1.54) is 12.6 Å². The molecular weight excluding hydrogens is 320 g/mol. The molecule has 3 amide bonds. The first-order chi connectivity index (χ1) is 12.1. The lowest BCUT2D eigenvalue weighted by molar-refractivity contribution is 0.0995. The van der Waals surface area contributed by atoms with E-state index < -0.39 is 5.91 Å². The fourth-order valence-corrected chi connectivity index (χ4v) is 4.59. The van der Waals surface area contributed by atoms with Crippen molar-refractivity contribution in [3.05, 3.63) is 18.1 Å². The summed E-state index contributed by atoms with van der Waals surface area (Å²) >= 11 is 0. The summed E-state index contributed by atoms with van der Waals surface area (Å²) in [5.74, 6) is 0.159. The highest BCUT2D eigenvalue weighted by atomic mass is 16.2. The van der Waals surface area contributed by atoms with Crippen LogP contribution >= 0.6 is 0 Å².